The molecule has 1 heterocycles. The van der Waals surface area contributed by atoms with E-state index < -0.39 is 5.41 Å². The SMILES string of the molecule is CC(C)N(CCCCCC1(C(=N)N)C=CC=C(C2CNc3ccccc3C2)C1=O)C(C)C. The lowest BCUT2D eigenvalue weighted by Gasteiger charge is -2.35. The number of ketones is 1. The second kappa shape index (κ2) is 10.5. The normalized spacial score (nSPS) is 22.8. The summed E-state index contributed by atoms with van der Waals surface area (Å²) in [5, 5.41) is 11.8. The maximum absolute atomic E-state index is 13.7. The van der Waals surface area contributed by atoms with Crippen LogP contribution in [0.5, 0.6) is 0 Å². The van der Waals surface area contributed by atoms with Crippen molar-refractivity contribution in [2.75, 3.05) is 18.4 Å². The van der Waals surface area contributed by atoms with Crippen molar-refractivity contribution in [3.8, 4) is 0 Å². The molecular weight excluding hydrogens is 396 g/mol. The van der Waals surface area contributed by atoms with Crippen LogP contribution in [0.3, 0.4) is 0 Å². The van der Waals surface area contributed by atoms with E-state index in [0.717, 1.165) is 50.0 Å². The fourth-order valence-corrected chi connectivity index (χ4v) is 5.24. The maximum atomic E-state index is 13.7. The number of Topliss-reactive ketones (excluding diaryl/α,β-unsaturated/α-hetero) is 1. The molecule has 1 aliphatic carbocycles. The first-order chi connectivity index (χ1) is 15.3. The molecular formula is C27H40N4O. The smallest absolute Gasteiger partial charge is 0.176 e. The van der Waals surface area contributed by atoms with Crippen LogP contribution < -0.4 is 11.1 Å². The van der Waals surface area contributed by atoms with E-state index in [1.54, 1.807) is 0 Å². The summed E-state index contributed by atoms with van der Waals surface area (Å²) in [4.78, 5) is 16.2. The highest BCUT2D eigenvalue weighted by Crippen LogP contribution is 2.38. The van der Waals surface area contributed by atoms with Crippen LogP contribution in [0.4, 0.5) is 5.69 Å². The number of carbonyl (C=O) groups is 1. The van der Waals surface area contributed by atoms with Crippen LogP contribution in [0.25, 0.3) is 0 Å². The number of amidine groups is 1. The molecule has 5 heteroatoms. The molecule has 1 aliphatic heterocycles. The number of hydrogen-bond donors (Lipinski definition) is 3. The van der Waals surface area contributed by atoms with E-state index in [2.05, 4.69) is 50.0 Å². The van der Waals surface area contributed by atoms with Crippen molar-refractivity contribution in [2.45, 2.75) is 71.9 Å². The fourth-order valence-electron chi connectivity index (χ4n) is 5.24. The molecule has 1 aromatic rings. The standard InChI is InChI=1S/C27H40N4O/c1-19(2)31(20(3)4)16-9-5-8-14-27(26(28)29)15-10-12-23(25(27)32)22-17-21-11-6-7-13-24(21)30-18-22/h6-7,10-13,15,19-20,22,30H,5,8-9,14,16-18H2,1-4H3,(H3,28,29). The number of unbranched alkanes of at least 4 members (excludes halogenated alkanes) is 2. The van der Waals surface area contributed by atoms with Gasteiger partial charge >= 0.3 is 0 Å². The third-order valence-electron chi connectivity index (χ3n) is 7.08. The largest absolute Gasteiger partial charge is 0.387 e. The van der Waals surface area contributed by atoms with Gasteiger partial charge in [0.15, 0.2) is 5.78 Å². The predicted octanol–water partition coefficient (Wildman–Crippen LogP) is 4.94. The zero-order chi connectivity index (χ0) is 23.3. The molecule has 2 aliphatic rings. The second-order valence-electron chi connectivity index (χ2n) is 9.87. The lowest BCUT2D eigenvalue weighted by Crippen LogP contribution is -2.46. The third kappa shape index (κ3) is 5.15. The summed E-state index contributed by atoms with van der Waals surface area (Å²) in [6, 6.07) is 9.34. The predicted molar refractivity (Wildman–Crippen MR) is 134 cm³/mol. The van der Waals surface area contributed by atoms with E-state index in [0.29, 0.717) is 18.5 Å². The zero-order valence-electron chi connectivity index (χ0n) is 20.2. The minimum Gasteiger partial charge on any atom is -0.387 e. The van der Waals surface area contributed by atoms with Crippen molar-refractivity contribution in [3.63, 3.8) is 0 Å². The average molecular weight is 437 g/mol. The Hall–Kier alpha value is -2.40. The second-order valence-corrected chi connectivity index (χ2v) is 9.87. The number of fused-ring (bicyclic) bond motifs is 1. The van der Waals surface area contributed by atoms with E-state index in [-0.39, 0.29) is 17.5 Å². The molecule has 3 rings (SSSR count). The molecule has 5 nitrogen and oxygen atoms in total. The van der Waals surface area contributed by atoms with Crippen LogP contribution in [0.2, 0.25) is 0 Å². The Bertz CT molecular complexity index is 877. The number of para-hydroxylation sites is 1. The van der Waals surface area contributed by atoms with Crippen molar-refractivity contribution >= 4 is 17.3 Å². The quantitative estimate of drug-likeness (QED) is 0.276. The van der Waals surface area contributed by atoms with Crippen molar-refractivity contribution in [1.82, 2.24) is 4.90 Å². The van der Waals surface area contributed by atoms with E-state index in [9.17, 15) is 4.79 Å². The van der Waals surface area contributed by atoms with Gasteiger partial charge in [-0.1, -0.05) is 49.3 Å². The van der Waals surface area contributed by atoms with Gasteiger partial charge in [0.05, 0.1) is 0 Å². The number of hydrogen-bond acceptors (Lipinski definition) is 4. The number of anilines is 1. The molecule has 32 heavy (non-hydrogen) atoms. The molecule has 0 spiro atoms. The highest BCUT2D eigenvalue weighted by Gasteiger charge is 2.43. The van der Waals surface area contributed by atoms with Gasteiger partial charge in [-0.2, -0.15) is 0 Å². The number of nitrogens with zero attached hydrogens (tertiary/aromatic N) is 1. The molecule has 0 fully saturated rings. The third-order valence-corrected chi connectivity index (χ3v) is 7.08. The fraction of sp³-hybridized carbons (Fsp3) is 0.556. The summed E-state index contributed by atoms with van der Waals surface area (Å²) in [5.74, 6) is 0.0934. The van der Waals surface area contributed by atoms with Crippen LogP contribution in [0.15, 0.2) is 48.1 Å². The first kappa shape index (κ1) is 24.2. The summed E-state index contributed by atoms with van der Waals surface area (Å²) in [5.41, 5.74) is 8.26. The molecule has 2 unspecified atom stereocenters. The Morgan fingerprint density at radius 1 is 1.19 bits per heavy atom. The molecule has 0 radical (unpaired) electrons. The topological polar surface area (TPSA) is 82.2 Å². The Labute approximate surface area is 193 Å². The Morgan fingerprint density at radius 3 is 2.59 bits per heavy atom. The van der Waals surface area contributed by atoms with Crippen molar-refractivity contribution in [1.29, 1.82) is 5.41 Å². The maximum Gasteiger partial charge on any atom is 0.176 e. The number of carbonyl (C=O) groups excluding carboxylic acids is 1. The Morgan fingerprint density at radius 2 is 1.91 bits per heavy atom. The first-order valence-corrected chi connectivity index (χ1v) is 12.1. The summed E-state index contributed by atoms with van der Waals surface area (Å²) in [6.07, 6.45) is 10.2. The van der Waals surface area contributed by atoms with Gasteiger partial charge in [-0.3, -0.25) is 15.1 Å². The van der Waals surface area contributed by atoms with Crippen molar-refractivity contribution in [2.24, 2.45) is 17.1 Å². The molecule has 4 N–H and O–H groups in total. The highest BCUT2D eigenvalue weighted by atomic mass is 16.1. The van der Waals surface area contributed by atoms with Gasteiger partial charge in [0.2, 0.25) is 0 Å². The van der Waals surface area contributed by atoms with Gasteiger partial charge in [-0.25, -0.2) is 0 Å². The Kier molecular flexibility index (Phi) is 7.94. The number of benzene rings is 1. The van der Waals surface area contributed by atoms with E-state index in [1.807, 2.05) is 30.4 Å². The summed E-state index contributed by atoms with van der Waals surface area (Å²) < 4.78 is 0. The molecule has 0 aromatic heterocycles. The molecule has 0 amide bonds. The van der Waals surface area contributed by atoms with Crippen molar-refractivity contribution in [3.05, 3.63) is 53.6 Å². The van der Waals surface area contributed by atoms with Crippen LogP contribution in [0, 0.1) is 16.7 Å². The molecule has 0 bridgehead atoms. The average Bonchev–Trinajstić information content (AvgIpc) is 2.76. The minimum absolute atomic E-state index is 0.0182. The van der Waals surface area contributed by atoms with Crippen LogP contribution >= 0.6 is 0 Å². The summed E-state index contributed by atoms with van der Waals surface area (Å²) >= 11 is 0. The van der Waals surface area contributed by atoms with Gasteiger partial charge in [0.1, 0.15) is 11.3 Å². The number of rotatable bonds is 10. The number of nitrogens with two attached hydrogens (primary N) is 1. The monoisotopic (exact) mass is 436 g/mol. The summed E-state index contributed by atoms with van der Waals surface area (Å²) in [7, 11) is 0. The van der Waals surface area contributed by atoms with Crippen LogP contribution in [0.1, 0.15) is 58.9 Å². The Balaban J connectivity index is 1.63. The van der Waals surface area contributed by atoms with Crippen LogP contribution in [-0.2, 0) is 11.2 Å². The van der Waals surface area contributed by atoms with Gasteiger partial charge in [-0.15, -0.1) is 0 Å². The molecule has 2 atom stereocenters. The lowest BCUT2D eigenvalue weighted by atomic mass is 9.69. The zero-order valence-corrected chi connectivity index (χ0v) is 20.2. The van der Waals surface area contributed by atoms with E-state index in [4.69, 9.17) is 11.1 Å². The van der Waals surface area contributed by atoms with Gasteiger partial charge in [-0.05, 0) is 65.1 Å². The van der Waals surface area contributed by atoms with Gasteiger partial charge in [0.25, 0.3) is 0 Å². The van der Waals surface area contributed by atoms with E-state index >= 15 is 0 Å². The molecule has 0 saturated heterocycles. The first-order valence-electron chi connectivity index (χ1n) is 12.1. The molecule has 1 aromatic carbocycles. The van der Waals surface area contributed by atoms with E-state index in [1.165, 1.54) is 5.56 Å². The lowest BCUT2D eigenvalue weighted by molar-refractivity contribution is -0.120. The van der Waals surface area contributed by atoms with Gasteiger partial charge < -0.3 is 11.1 Å². The number of nitrogens with one attached hydrogen (secondary N) is 2. The van der Waals surface area contributed by atoms with Crippen molar-refractivity contribution < 1.29 is 4.79 Å². The highest BCUT2D eigenvalue weighted by molar-refractivity contribution is 6.17. The summed E-state index contributed by atoms with van der Waals surface area (Å²) in [6.45, 7) is 10.7. The minimum atomic E-state index is -0.989. The molecule has 174 valence electrons. The van der Waals surface area contributed by atoms with Crippen LogP contribution in [-0.4, -0.2) is 41.7 Å². The number of allylic oxidation sites excluding steroid dienone is 2. The molecule has 0 saturated carbocycles. The van der Waals surface area contributed by atoms with Gasteiger partial charge in [0, 0.05) is 35.8 Å².